The van der Waals surface area contributed by atoms with Crippen molar-refractivity contribution < 1.29 is 9.53 Å². The average molecular weight is 322 g/mol. The minimum Gasteiger partial charge on any atom is -0.431 e. The lowest BCUT2D eigenvalue weighted by molar-refractivity contribution is 0.0593. The number of rotatable bonds is 3. The van der Waals surface area contributed by atoms with Gasteiger partial charge in [-0.2, -0.15) is 0 Å². The van der Waals surface area contributed by atoms with Crippen LogP contribution in [0.2, 0.25) is 0 Å². The summed E-state index contributed by atoms with van der Waals surface area (Å²) in [6.45, 7) is 5.77. The van der Waals surface area contributed by atoms with E-state index >= 15 is 0 Å². The molecule has 0 radical (unpaired) electrons. The van der Waals surface area contributed by atoms with Crippen LogP contribution in [0.1, 0.15) is 25.0 Å². The molecule has 2 aromatic carbocycles. The Labute approximate surface area is 142 Å². The van der Waals surface area contributed by atoms with Crippen molar-refractivity contribution in [2.24, 2.45) is 0 Å². The van der Waals surface area contributed by atoms with Crippen LogP contribution in [0.3, 0.4) is 0 Å². The molecule has 0 aromatic heterocycles. The van der Waals surface area contributed by atoms with Crippen LogP contribution in [0.15, 0.2) is 60.7 Å². The van der Waals surface area contributed by atoms with Crippen molar-refractivity contribution in [1.82, 2.24) is 9.80 Å². The van der Waals surface area contributed by atoms with Gasteiger partial charge in [-0.3, -0.25) is 9.80 Å². The molecule has 1 unspecified atom stereocenters. The zero-order valence-corrected chi connectivity index (χ0v) is 14.1. The molecule has 0 aliphatic carbocycles. The first-order valence-corrected chi connectivity index (χ1v) is 8.47. The van der Waals surface area contributed by atoms with Crippen LogP contribution in [0.5, 0.6) is 0 Å². The molecule has 2 aliphatic rings. The molecule has 0 N–H and O–H groups in total. The van der Waals surface area contributed by atoms with Crippen LogP contribution < -0.4 is 0 Å². The molecule has 4 heteroatoms. The highest BCUT2D eigenvalue weighted by atomic mass is 16.6. The van der Waals surface area contributed by atoms with Crippen molar-refractivity contribution in [3.8, 4) is 0 Å². The molecule has 2 aliphatic heterocycles. The van der Waals surface area contributed by atoms with Crippen LogP contribution >= 0.6 is 0 Å². The van der Waals surface area contributed by atoms with Gasteiger partial charge in [-0.25, -0.2) is 4.79 Å². The predicted octanol–water partition coefficient (Wildman–Crippen LogP) is 3.43. The van der Waals surface area contributed by atoms with E-state index in [-0.39, 0.29) is 12.1 Å². The summed E-state index contributed by atoms with van der Waals surface area (Å²) in [5.41, 5.74) is 1.31. The highest BCUT2D eigenvalue weighted by Gasteiger charge is 2.59. The Hall–Kier alpha value is -2.33. The molecule has 24 heavy (non-hydrogen) atoms. The van der Waals surface area contributed by atoms with E-state index in [0.717, 1.165) is 17.7 Å². The molecule has 0 bridgehead atoms. The van der Waals surface area contributed by atoms with E-state index in [9.17, 15) is 4.79 Å². The molecule has 4 nitrogen and oxygen atoms in total. The largest absolute Gasteiger partial charge is 0.431 e. The summed E-state index contributed by atoms with van der Waals surface area (Å²) in [5.74, 6) is 0. The summed E-state index contributed by atoms with van der Waals surface area (Å²) < 4.78 is 6.08. The van der Waals surface area contributed by atoms with E-state index in [2.05, 4.69) is 43.0 Å². The molecule has 0 saturated carbocycles. The smallest absolute Gasteiger partial charge is 0.412 e. The number of fused-ring (bicyclic) bond motifs is 1. The second-order valence-electron chi connectivity index (χ2n) is 6.83. The van der Waals surface area contributed by atoms with Gasteiger partial charge in [-0.15, -0.1) is 0 Å². The van der Waals surface area contributed by atoms with Crippen molar-refractivity contribution in [3.63, 3.8) is 0 Å². The zero-order chi connectivity index (χ0) is 16.7. The van der Waals surface area contributed by atoms with Gasteiger partial charge >= 0.3 is 6.09 Å². The standard InChI is InChI=1S/C20H22N2O2/c1-15(2)21-13-18-20(16-9-5-3-6-10-16,17-11-7-4-8-12-17)24-19(23)22(18)14-21/h3-12,15,18H,13-14H2,1-2H3. The Morgan fingerprint density at radius 3 is 2.04 bits per heavy atom. The molecule has 2 fully saturated rings. The van der Waals surface area contributed by atoms with E-state index in [0.29, 0.717) is 12.7 Å². The van der Waals surface area contributed by atoms with E-state index in [1.807, 2.05) is 41.3 Å². The van der Waals surface area contributed by atoms with Gasteiger partial charge < -0.3 is 4.74 Å². The molecule has 1 atom stereocenters. The van der Waals surface area contributed by atoms with Gasteiger partial charge in [-0.1, -0.05) is 60.7 Å². The minimum atomic E-state index is -0.747. The van der Waals surface area contributed by atoms with Gasteiger partial charge in [0.2, 0.25) is 0 Å². The number of ether oxygens (including phenoxy) is 1. The van der Waals surface area contributed by atoms with Gasteiger partial charge in [0.15, 0.2) is 5.60 Å². The lowest BCUT2D eigenvalue weighted by Crippen LogP contribution is -2.43. The van der Waals surface area contributed by atoms with E-state index < -0.39 is 5.60 Å². The Morgan fingerprint density at radius 2 is 1.54 bits per heavy atom. The molecule has 2 saturated heterocycles. The maximum atomic E-state index is 12.7. The quantitative estimate of drug-likeness (QED) is 0.868. The fourth-order valence-corrected chi connectivity index (χ4v) is 3.88. The predicted molar refractivity (Wildman–Crippen MR) is 92.5 cm³/mol. The summed E-state index contributed by atoms with van der Waals surface area (Å²) in [6, 6.07) is 20.6. The molecular weight excluding hydrogens is 300 g/mol. The van der Waals surface area contributed by atoms with Crippen LogP contribution in [0.4, 0.5) is 4.79 Å². The molecule has 0 spiro atoms. The van der Waals surface area contributed by atoms with E-state index in [1.54, 1.807) is 0 Å². The Kier molecular flexibility index (Phi) is 3.57. The van der Waals surface area contributed by atoms with Crippen LogP contribution in [-0.4, -0.2) is 41.2 Å². The first kappa shape index (κ1) is 15.2. The first-order valence-electron chi connectivity index (χ1n) is 8.47. The van der Waals surface area contributed by atoms with Crippen molar-refractivity contribution in [2.75, 3.05) is 13.2 Å². The Bertz CT molecular complexity index is 690. The molecule has 4 rings (SSSR count). The number of carbonyl (C=O) groups excluding carboxylic acids is 1. The maximum absolute atomic E-state index is 12.7. The monoisotopic (exact) mass is 322 g/mol. The summed E-state index contributed by atoms with van der Waals surface area (Å²) in [4.78, 5) is 16.9. The number of cyclic esters (lactones) is 1. The first-order chi connectivity index (χ1) is 11.6. The lowest BCUT2D eigenvalue weighted by atomic mass is 9.80. The normalized spacial score (nSPS) is 22.7. The average Bonchev–Trinajstić information content (AvgIpc) is 3.17. The number of amides is 1. The van der Waals surface area contributed by atoms with Gasteiger partial charge in [-0.05, 0) is 13.8 Å². The molecule has 124 valence electrons. The zero-order valence-electron chi connectivity index (χ0n) is 14.1. The van der Waals surface area contributed by atoms with Crippen molar-refractivity contribution in [1.29, 1.82) is 0 Å². The molecule has 1 amide bonds. The minimum absolute atomic E-state index is 0.0165. The third-order valence-electron chi connectivity index (χ3n) is 5.21. The third-order valence-corrected chi connectivity index (χ3v) is 5.21. The Morgan fingerprint density at radius 1 is 1.00 bits per heavy atom. The SMILES string of the molecule is CC(C)N1CC2N(C1)C(=O)OC2(c1ccccc1)c1ccccc1. The number of hydrogen-bond acceptors (Lipinski definition) is 3. The molecule has 2 heterocycles. The van der Waals surface area contributed by atoms with Gasteiger partial charge in [0.05, 0.1) is 12.7 Å². The fraction of sp³-hybridized carbons (Fsp3) is 0.350. The third kappa shape index (κ3) is 2.13. The summed E-state index contributed by atoms with van der Waals surface area (Å²) in [5, 5.41) is 0. The van der Waals surface area contributed by atoms with E-state index in [4.69, 9.17) is 4.74 Å². The molecule has 2 aromatic rings. The number of carbonyl (C=O) groups is 1. The maximum Gasteiger partial charge on any atom is 0.412 e. The van der Waals surface area contributed by atoms with Crippen LogP contribution in [0.25, 0.3) is 0 Å². The molecular formula is C20H22N2O2. The summed E-state index contributed by atoms with van der Waals surface area (Å²) in [7, 11) is 0. The van der Waals surface area contributed by atoms with Crippen molar-refractivity contribution in [2.45, 2.75) is 31.5 Å². The van der Waals surface area contributed by atoms with Gasteiger partial charge in [0.1, 0.15) is 0 Å². The number of hydrogen-bond donors (Lipinski definition) is 0. The van der Waals surface area contributed by atoms with Gasteiger partial charge in [0.25, 0.3) is 0 Å². The highest BCUT2D eigenvalue weighted by Crippen LogP contribution is 2.46. The van der Waals surface area contributed by atoms with E-state index in [1.165, 1.54) is 0 Å². The van der Waals surface area contributed by atoms with Gasteiger partial charge in [0, 0.05) is 23.7 Å². The number of benzene rings is 2. The van der Waals surface area contributed by atoms with Crippen LogP contribution in [-0.2, 0) is 10.3 Å². The van der Waals surface area contributed by atoms with Crippen LogP contribution in [0, 0.1) is 0 Å². The van der Waals surface area contributed by atoms with Crippen molar-refractivity contribution >= 4 is 6.09 Å². The topological polar surface area (TPSA) is 32.8 Å². The second-order valence-corrected chi connectivity index (χ2v) is 6.83. The lowest BCUT2D eigenvalue weighted by Gasteiger charge is -2.33. The number of nitrogens with zero attached hydrogens (tertiary/aromatic N) is 2. The summed E-state index contributed by atoms with van der Waals surface area (Å²) in [6.07, 6.45) is -0.226. The second kappa shape index (κ2) is 5.64. The highest BCUT2D eigenvalue weighted by molar-refractivity contribution is 5.74. The summed E-state index contributed by atoms with van der Waals surface area (Å²) >= 11 is 0. The Balaban J connectivity index is 1.87. The van der Waals surface area contributed by atoms with Crippen molar-refractivity contribution in [3.05, 3.63) is 71.8 Å². The fourth-order valence-electron chi connectivity index (χ4n) is 3.88.